The Bertz CT molecular complexity index is 475. The van der Waals surface area contributed by atoms with E-state index in [9.17, 15) is 0 Å². The van der Waals surface area contributed by atoms with Gasteiger partial charge in [0.05, 0.1) is 31.4 Å². The summed E-state index contributed by atoms with van der Waals surface area (Å²) >= 11 is 0. The Morgan fingerprint density at radius 2 is 2.06 bits per heavy atom. The van der Waals surface area contributed by atoms with Gasteiger partial charge in [-0.2, -0.15) is 5.26 Å². The molecule has 18 heavy (non-hydrogen) atoms. The molecule has 0 unspecified atom stereocenters. The number of ether oxygens (including phenoxy) is 2. The second kappa shape index (κ2) is 4.77. The van der Waals surface area contributed by atoms with Crippen LogP contribution in [0.5, 0.6) is 11.5 Å². The number of methoxy groups -OCH3 is 2. The van der Waals surface area contributed by atoms with Gasteiger partial charge in [0, 0.05) is 19.7 Å². The van der Waals surface area contributed by atoms with E-state index in [2.05, 4.69) is 11.0 Å². The molecule has 1 saturated carbocycles. The molecule has 1 aliphatic carbocycles. The van der Waals surface area contributed by atoms with Crippen LogP contribution in [0.4, 0.5) is 5.69 Å². The summed E-state index contributed by atoms with van der Waals surface area (Å²) in [6.45, 7) is 0.729. The molecule has 0 bridgehead atoms. The highest BCUT2D eigenvalue weighted by Crippen LogP contribution is 2.46. The van der Waals surface area contributed by atoms with Gasteiger partial charge >= 0.3 is 0 Å². The molecule has 1 aliphatic rings. The van der Waals surface area contributed by atoms with Crippen LogP contribution < -0.4 is 14.4 Å². The predicted molar refractivity (Wildman–Crippen MR) is 70.1 cm³/mol. The maximum absolute atomic E-state index is 9.15. The summed E-state index contributed by atoms with van der Waals surface area (Å²) in [6.07, 6.45) is 1.97. The number of nitriles is 1. The van der Waals surface area contributed by atoms with Gasteiger partial charge in [0.15, 0.2) is 0 Å². The molecule has 0 spiro atoms. The number of nitrogens with zero attached hydrogens (tertiary/aromatic N) is 2. The molecule has 0 aliphatic heterocycles. The Balaban J connectivity index is 2.22. The summed E-state index contributed by atoms with van der Waals surface area (Å²) in [5.74, 6) is 1.59. The third-order valence-electron chi connectivity index (χ3n) is 3.43. The van der Waals surface area contributed by atoms with E-state index in [1.54, 1.807) is 14.2 Å². The van der Waals surface area contributed by atoms with Gasteiger partial charge in [-0.15, -0.1) is 0 Å². The van der Waals surface area contributed by atoms with E-state index >= 15 is 0 Å². The van der Waals surface area contributed by atoms with Crippen molar-refractivity contribution >= 4 is 5.69 Å². The monoisotopic (exact) mass is 246 g/mol. The molecule has 0 radical (unpaired) electrons. The molecular formula is C14H18N2O2. The zero-order chi connectivity index (χ0) is 13.2. The molecule has 0 N–H and O–H groups in total. The normalized spacial score (nSPS) is 15.7. The van der Waals surface area contributed by atoms with Gasteiger partial charge in [0.25, 0.3) is 0 Å². The van der Waals surface area contributed by atoms with Crippen LogP contribution >= 0.6 is 0 Å². The van der Waals surface area contributed by atoms with E-state index < -0.39 is 0 Å². The molecule has 2 rings (SSSR count). The number of rotatable bonds is 5. The lowest BCUT2D eigenvalue weighted by molar-refractivity contribution is 0.402. The third kappa shape index (κ3) is 2.35. The highest BCUT2D eigenvalue weighted by Gasteiger charge is 2.44. The van der Waals surface area contributed by atoms with E-state index in [-0.39, 0.29) is 5.41 Å². The SMILES string of the molecule is COc1ccc(OC)c(N(C)CC2(C#N)CC2)c1. The fraction of sp³-hybridized carbons (Fsp3) is 0.500. The molecular weight excluding hydrogens is 228 g/mol. The lowest BCUT2D eigenvalue weighted by Crippen LogP contribution is -2.26. The fourth-order valence-electron chi connectivity index (χ4n) is 2.09. The summed E-state index contributed by atoms with van der Waals surface area (Å²) < 4.78 is 10.6. The minimum Gasteiger partial charge on any atom is -0.497 e. The summed E-state index contributed by atoms with van der Waals surface area (Å²) in [7, 11) is 5.27. The first-order valence-electron chi connectivity index (χ1n) is 5.98. The first-order chi connectivity index (χ1) is 8.64. The number of anilines is 1. The standard InChI is InChI=1S/C14H18N2O2/c1-16(10-14(9-15)6-7-14)12-8-11(17-2)4-5-13(12)18-3/h4-5,8H,6-7,10H2,1-3H3. The second-order valence-corrected chi connectivity index (χ2v) is 4.79. The first kappa shape index (κ1) is 12.6. The van der Waals surface area contributed by atoms with Crippen molar-refractivity contribution in [3.63, 3.8) is 0 Å². The van der Waals surface area contributed by atoms with Gasteiger partial charge in [-0.1, -0.05) is 0 Å². The average molecular weight is 246 g/mol. The Kier molecular flexibility index (Phi) is 3.33. The quantitative estimate of drug-likeness (QED) is 0.800. The second-order valence-electron chi connectivity index (χ2n) is 4.79. The van der Waals surface area contributed by atoms with Crippen LogP contribution in [0.3, 0.4) is 0 Å². The van der Waals surface area contributed by atoms with Gasteiger partial charge in [0.2, 0.25) is 0 Å². The number of benzene rings is 1. The molecule has 1 fully saturated rings. The van der Waals surface area contributed by atoms with Crippen molar-refractivity contribution in [2.24, 2.45) is 5.41 Å². The zero-order valence-electron chi connectivity index (χ0n) is 11.1. The number of hydrogen-bond donors (Lipinski definition) is 0. The fourth-order valence-corrected chi connectivity index (χ4v) is 2.09. The topological polar surface area (TPSA) is 45.5 Å². The minimum absolute atomic E-state index is 0.164. The summed E-state index contributed by atoms with van der Waals surface area (Å²) in [6, 6.07) is 8.10. The third-order valence-corrected chi connectivity index (χ3v) is 3.43. The predicted octanol–water partition coefficient (Wildman–Crippen LogP) is 2.44. The van der Waals surface area contributed by atoms with Crippen LogP contribution in [0.15, 0.2) is 18.2 Å². The highest BCUT2D eigenvalue weighted by atomic mass is 16.5. The Morgan fingerprint density at radius 3 is 2.56 bits per heavy atom. The van der Waals surface area contributed by atoms with Crippen molar-refractivity contribution in [1.82, 2.24) is 0 Å². The number of hydrogen-bond acceptors (Lipinski definition) is 4. The van der Waals surface area contributed by atoms with Gasteiger partial charge in [-0.25, -0.2) is 0 Å². The van der Waals surface area contributed by atoms with E-state index in [4.69, 9.17) is 14.7 Å². The van der Waals surface area contributed by atoms with E-state index in [1.807, 2.05) is 25.2 Å². The first-order valence-corrected chi connectivity index (χ1v) is 5.98. The summed E-state index contributed by atoms with van der Waals surface area (Å²) in [5.41, 5.74) is 0.793. The van der Waals surface area contributed by atoms with Crippen LogP contribution in [0, 0.1) is 16.7 Å². The van der Waals surface area contributed by atoms with Crippen LogP contribution in [-0.2, 0) is 0 Å². The summed E-state index contributed by atoms with van der Waals surface area (Å²) in [4.78, 5) is 2.07. The Morgan fingerprint density at radius 1 is 1.33 bits per heavy atom. The molecule has 0 aromatic heterocycles. The van der Waals surface area contributed by atoms with Gasteiger partial charge in [-0.3, -0.25) is 0 Å². The minimum atomic E-state index is -0.164. The molecule has 96 valence electrons. The average Bonchev–Trinajstić information content (AvgIpc) is 3.18. The van der Waals surface area contributed by atoms with Crippen molar-refractivity contribution in [3.8, 4) is 17.6 Å². The Hall–Kier alpha value is -1.89. The van der Waals surface area contributed by atoms with Gasteiger partial charge in [0.1, 0.15) is 11.5 Å². The summed E-state index contributed by atoms with van der Waals surface area (Å²) in [5, 5.41) is 9.15. The molecule has 4 heteroatoms. The molecule has 1 aromatic carbocycles. The van der Waals surface area contributed by atoms with Crippen molar-refractivity contribution in [2.45, 2.75) is 12.8 Å². The largest absolute Gasteiger partial charge is 0.497 e. The molecule has 0 atom stereocenters. The lowest BCUT2D eigenvalue weighted by Gasteiger charge is -2.24. The van der Waals surface area contributed by atoms with Crippen LogP contribution in [0.25, 0.3) is 0 Å². The maximum Gasteiger partial charge on any atom is 0.142 e. The molecule has 0 amide bonds. The van der Waals surface area contributed by atoms with Crippen LogP contribution in [-0.4, -0.2) is 27.8 Å². The van der Waals surface area contributed by atoms with E-state index in [0.29, 0.717) is 0 Å². The molecule has 0 saturated heterocycles. The highest BCUT2D eigenvalue weighted by molar-refractivity contribution is 5.61. The van der Waals surface area contributed by atoms with Crippen molar-refractivity contribution in [2.75, 3.05) is 32.7 Å². The zero-order valence-corrected chi connectivity index (χ0v) is 11.1. The van der Waals surface area contributed by atoms with E-state index in [1.165, 1.54) is 0 Å². The molecule has 1 aromatic rings. The lowest BCUT2D eigenvalue weighted by atomic mass is 10.1. The van der Waals surface area contributed by atoms with Crippen molar-refractivity contribution < 1.29 is 9.47 Å². The molecule has 0 heterocycles. The maximum atomic E-state index is 9.15. The van der Waals surface area contributed by atoms with Crippen molar-refractivity contribution in [1.29, 1.82) is 5.26 Å². The van der Waals surface area contributed by atoms with E-state index in [0.717, 1.165) is 36.6 Å². The van der Waals surface area contributed by atoms with Crippen LogP contribution in [0.2, 0.25) is 0 Å². The van der Waals surface area contributed by atoms with Crippen LogP contribution in [0.1, 0.15) is 12.8 Å². The van der Waals surface area contributed by atoms with Gasteiger partial charge < -0.3 is 14.4 Å². The smallest absolute Gasteiger partial charge is 0.142 e. The molecule has 4 nitrogen and oxygen atoms in total. The Labute approximate surface area is 108 Å². The van der Waals surface area contributed by atoms with Gasteiger partial charge in [-0.05, 0) is 25.0 Å². The van der Waals surface area contributed by atoms with Crippen molar-refractivity contribution in [3.05, 3.63) is 18.2 Å².